The molecule has 6 heteroatoms. The lowest BCUT2D eigenvalue weighted by Crippen LogP contribution is -2.26. The average Bonchev–Trinajstić information content (AvgIpc) is 3.17. The molecule has 1 N–H and O–H groups in total. The molecule has 33 heavy (non-hydrogen) atoms. The van der Waals surface area contributed by atoms with Gasteiger partial charge in [-0.3, -0.25) is 4.68 Å². The van der Waals surface area contributed by atoms with Gasteiger partial charge in [-0.1, -0.05) is 42.5 Å². The molecule has 0 radical (unpaired) electrons. The lowest BCUT2D eigenvalue weighted by molar-refractivity contribution is -0.121. The van der Waals surface area contributed by atoms with Gasteiger partial charge in [0.15, 0.2) is 6.29 Å². The molecule has 0 spiro atoms. The van der Waals surface area contributed by atoms with Crippen molar-refractivity contribution in [2.45, 2.75) is 45.3 Å². The Kier molecular flexibility index (Phi) is 7.68. The van der Waals surface area contributed by atoms with Gasteiger partial charge < -0.3 is 14.6 Å². The van der Waals surface area contributed by atoms with E-state index >= 15 is 0 Å². The van der Waals surface area contributed by atoms with Crippen molar-refractivity contribution in [3.05, 3.63) is 66.1 Å². The van der Waals surface area contributed by atoms with Crippen LogP contribution in [0.25, 0.3) is 22.4 Å². The van der Waals surface area contributed by atoms with Crippen LogP contribution in [0.15, 0.2) is 54.6 Å². The molecule has 5 nitrogen and oxygen atoms in total. The van der Waals surface area contributed by atoms with Crippen molar-refractivity contribution in [3.8, 4) is 22.4 Å². The van der Waals surface area contributed by atoms with Crippen molar-refractivity contribution in [2.75, 3.05) is 13.2 Å². The number of rotatable bonds is 9. The highest BCUT2D eigenvalue weighted by Gasteiger charge is 2.25. The fourth-order valence-corrected chi connectivity index (χ4v) is 4.70. The third-order valence-corrected chi connectivity index (χ3v) is 6.66. The first-order valence-corrected chi connectivity index (χ1v) is 11.7. The van der Waals surface area contributed by atoms with Crippen LogP contribution in [0.3, 0.4) is 0 Å². The topological polar surface area (TPSA) is 64.4 Å². The number of ether oxygens (including phenoxy) is 1. The summed E-state index contributed by atoms with van der Waals surface area (Å²) in [6.45, 7) is 3.18. The molecular weight excluding hydrogens is 419 g/mol. The van der Waals surface area contributed by atoms with E-state index < -0.39 is 6.10 Å². The second kappa shape index (κ2) is 10.9. The minimum absolute atomic E-state index is 0.246. The molecule has 2 aromatic carbocycles. The van der Waals surface area contributed by atoms with E-state index in [4.69, 9.17) is 14.9 Å². The Balaban J connectivity index is 1.50. The third kappa shape index (κ3) is 5.57. The second-order valence-corrected chi connectivity index (χ2v) is 8.94. The molecule has 1 saturated carbocycles. The number of aldehydes is 1. The average molecular weight is 451 g/mol. The quantitative estimate of drug-likeness (QED) is 0.464. The predicted molar refractivity (Wildman–Crippen MR) is 126 cm³/mol. The second-order valence-electron chi connectivity index (χ2n) is 8.94. The lowest BCUT2D eigenvalue weighted by Gasteiger charge is -2.29. The first kappa shape index (κ1) is 23.3. The van der Waals surface area contributed by atoms with Gasteiger partial charge in [-0.05, 0) is 62.1 Å². The highest BCUT2D eigenvalue weighted by atomic mass is 19.1. The Bertz CT molecular complexity index is 1040. The summed E-state index contributed by atoms with van der Waals surface area (Å²) in [5.41, 5.74) is 5.07. The van der Waals surface area contributed by atoms with Crippen molar-refractivity contribution in [1.29, 1.82) is 0 Å². The summed E-state index contributed by atoms with van der Waals surface area (Å²) in [5.74, 6) is 0.692. The van der Waals surface area contributed by atoms with E-state index in [9.17, 15) is 9.18 Å². The van der Waals surface area contributed by atoms with Crippen molar-refractivity contribution in [2.24, 2.45) is 11.8 Å². The Morgan fingerprint density at radius 2 is 1.73 bits per heavy atom. The Labute approximate surface area is 194 Å². The Morgan fingerprint density at radius 1 is 1.06 bits per heavy atom. The van der Waals surface area contributed by atoms with Crippen molar-refractivity contribution >= 4 is 6.29 Å². The van der Waals surface area contributed by atoms with Crippen LogP contribution in [-0.4, -0.2) is 40.5 Å². The normalized spacial score (nSPS) is 19.4. The number of hydrogen-bond acceptors (Lipinski definition) is 4. The minimum atomic E-state index is -0.712. The van der Waals surface area contributed by atoms with E-state index in [-0.39, 0.29) is 12.4 Å². The molecule has 0 amide bonds. The van der Waals surface area contributed by atoms with E-state index in [1.807, 2.05) is 30.3 Å². The maximum Gasteiger partial charge on any atom is 0.151 e. The summed E-state index contributed by atoms with van der Waals surface area (Å²) < 4.78 is 21.2. The largest absolute Gasteiger partial charge is 0.393 e. The van der Waals surface area contributed by atoms with Crippen LogP contribution >= 0.6 is 0 Å². The molecule has 3 aromatic rings. The fourth-order valence-electron chi connectivity index (χ4n) is 4.70. The summed E-state index contributed by atoms with van der Waals surface area (Å²) in [4.78, 5) is 10.8. The van der Waals surface area contributed by atoms with Crippen LogP contribution in [0.1, 0.15) is 31.4 Å². The van der Waals surface area contributed by atoms with Gasteiger partial charge in [0.2, 0.25) is 0 Å². The first-order valence-electron chi connectivity index (χ1n) is 11.7. The highest BCUT2D eigenvalue weighted by molar-refractivity contribution is 5.82. The van der Waals surface area contributed by atoms with Gasteiger partial charge >= 0.3 is 0 Å². The molecular formula is C27H31FN2O3. The number of carbonyl (C=O) groups is 1. The first-order chi connectivity index (χ1) is 16.1. The maximum absolute atomic E-state index is 13.6. The lowest BCUT2D eigenvalue weighted by atomic mass is 9.82. The van der Waals surface area contributed by atoms with Crippen molar-refractivity contribution in [3.63, 3.8) is 0 Å². The van der Waals surface area contributed by atoms with E-state index in [0.29, 0.717) is 24.7 Å². The van der Waals surface area contributed by atoms with Gasteiger partial charge in [0, 0.05) is 23.4 Å². The molecule has 1 aromatic heterocycles. The standard InChI is InChI=1S/C27H31FN2O3/c1-19-26(22-11-13-24(28)14-12-22)27(23-5-3-2-4-6-23)29-30(19)15-20-7-9-21(10-8-20)18-33-25(16-31)17-32/h2-6,11-14,16,20-21,25,32H,7-10,15,17-18H2,1H3/t20-,21+,25?. The van der Waals surface area contributed by atoms with E-state index in [0.717, 1.165) is 60.3 Å². The molecule has 1 unspecified atom stereocenters. The Morgan fingerprint density at radius 3 is 2.36 bits per heavy atom. The van der Waals surface area contributed by atoms with Gasteiger partial charge in [0.25, 0.3) is 0 Å². The molecule has 4 rings (SSSR count). The predicted octanol–water partition coefficient (Wildman–Crippen LogP) is 5.05. The molecule has 1 aliphatic rings. The van der Waals surface area contributed by atoms with Crippen LogP contribution in [0.2, 0.25) is 0 Å². The van der Waals surface area contributed by atoms with Crippen molar-refractivity contribution in [1.82, 2.24) is 9.78 Å². The summed E-state index contributed by atoms with van der Waals surface area (Å²) in [6.07, 6.45) is 4.18. The van der Waals surface area contributed by atoms with Crippen LogP contribution in [0, 0.1) is 24.6 Å². The monoisotopic (exact) mass is 450 g/mol. The summed E-state index contributed by atoms with van der Waals surface area (Å²) in [6, 6.07) is 16.8. The summed E-state index contributed by atoms with van der Waals surface area (Å²) in [7, 11) is 0. The number of aliphatic hydroxyl groups is 1. The van der Waals surface area contributed by atoms with Crippen LogP contribution < -0.4 is 0 Å². The van der Waals surface area contributed by atoms with Crippen LogP contribution in [0.4, 0.5) is 4.39 Å². The summed E-state index contributed by atoms with van der Waals surface area (Å²) in [5, 5.41) is 14.1. The zero-order chi connectivity index (χ0) is 23.2. The third-order valence-electron chi connectivity index (χ3n) is 6.66. The van der Waals surface area contributed by atoms with Crippen molar-refractivity contribution < 1.29 is 19.0 Å². The zero-order valence-corrected chi connectivity index (χ0v) is 19.0. The molecule has 174 valence electrons. The number of aromatic nitrogens is 2. The molecule has 1 heterocycles. The van der Waals surface area contributed by atoms with Gasteiger partial charge in [0.1, 0.15) is 17.6 Å². The van der Waals surface area contributed by atoms with E-state index in [1.165, 1.54) is 12.1 Å². The van der Waals surface area contributed by atoms with E-state index in [1.54, 1.807) is 0 Å². The molecule has 1 aliphatic carbocycles. The van der Waals surface area contributed by atoms with Gasteiger partial charge in [-0.25, -0.2) is 4.39 Å². The summed E-state index contributed by atoms with van der Waals surface area (Å²) >= 11 is 0. The number of benzene rings is 2. The SMILES string of the molecule is Cc1c(-c2ccc(F)cc2)c(-c2ccccc2)nn1C[C@H]1CC[C@@H](COC(C=O)CO)CC1. The van der Waals surface area contributed by atoms with E-state index in [2.05, 4.69) is 23.7 Å². The van der Waals surface area contributed by atoms with Gasteiger partial charge in [0.05, 0.1) is 13.2 Å². The fraction of sp³-hybridized carbons (Fsp3) is 0.407. The molecule has 0 bridgehead atoms. The minimum Gasteiger partial charge on any atom is -0.393 e. The molecule has 0 aliphatic heterocycles. The van der Waals surface area contributed by atoms with Crippen LogP contribution in [0.5, 0.6) is 0 Å². The number of aliphatic hydroxyl groups excluding tert-OH is 1. The van der Waals surface area contributed by atoms with Gasteiger partial charge in [-0.2, -0.15) is 5.10 Å². The van der Waals surface area contributed by atoms with Crippen LogP contribution in [-0.2, 0) is 16.1 Å². The maximum atomic E-state index is 13.6. The number of carbonyl (C=O) groups excluding carboxylic acids is 1. The molecule has 0 saturated heterocycles. The smallest absolute Gasteiger partial charge is 0.151 e. The Hall–Kier alpha value is -2.83. The number of nitrogens with zero attached hydrogens (tertiary/aromatic N) is 2. The highest BCUT2D eigenvalue weighted by Crippen LogP contribution is 2.36. The molecule has 1 atom stereocenters. The zero-order valence-electron chi connectivity index (χ0n) is 19.0. The molecule has 1 fully saturated rings. The number of hydrogen-bond donors (Lipinski definition) is 1. The number of halogens is 1. The van der Waals surface area contributed by atoms with Gasteiger partial charge in [-0.15, -0.1) is 0 Å².